The molecule has 0 aromatic carbocycles. The molecule has 2 N–H and O–H groups in total. The highest BCUT2D eigenvalue weighted by Gasteiger charge is 2.33. The number of rotatable bonds is 6. The van der Waals surface area contributed by atoms with Gasteiger partial charge in [-0.2, -0.15) is 18.3 Å². The van der Waals surface area contributed by atoms with Crippen molar-refractivity contribution in [2.24, 2.45) is 5.92 Å². The third-order valence-electron chi connectivity index (χ3n) is 4.25. The van der Waals surface area contributed by atoms with Crippen LogP contribution in [0.15, 0.2) is 12.3 Å². The van der Waals surface area contributed by atoms with Crippen molar-refractivity contribution in [3.63, 3.8) is 0 Å². The van der Waals surface area contributed by atoms with Crippen LogP contribution >= 0.6 is 11.3 Å². The SMILES string of the molecule is COC(=O)c1c(NC(=O)C(=O)NC[C@@H](C)Cn2ccc(C(F)(F)F)n2)sc(C)c1C. The van der Waals surface area contributed by atoms with E-state index < -0.39 is 29.7 Å². The molecule has 0 saturated heterocycles. The lowest BCUT2D eigenvalue weighted by Crippen LogP contribution is -2.38. The molecule has 0 bridgehead atoms. The maximum Gasteiger partial charge on any atom is 0.435 e. The second-order valence-corrected chi connectivity index (χ2v) is 7.89. The Kier molecular flexibility index (Phi) is 7.24. The van der Waals surface area contributed by atoms with Crippen LogP contribution in [-0.4, -0.2) is 41.2 Å². The van der Waals surface area contributed by atoms with E-state index in [1.807, 2.05) is 0 Å². The number of alkyl halides is 3. The maximum atomic E-state index is 12.6. The number of amides is 2. The number of aryl methyl sites for hydroxylation is 1. The van der Waals surface area contributed by atoms with Crippen molar-refractivity contribution in [3.8, 4) is 0 Å². The average molecular weight is 446 g/mol. The van der Waals surface area contributed by atoms with Crippen molar-refractivity contribution in [2.45, 2.75) is 33.5 Å². The van der Waals surface area contributed by atoms with E-state index in [1.54, 1.807) is 20.8 Å². The van der Waals surface area contributed by atoms with Crippen LogP contribution in [0, 0.1) is 19.8 Å². The molecule has 0 saturated carbocycles. The van der Waals surface area contributed by atoms with Gasteiger partial charge in [0.15, 0.2) is 5.69 Å². The standard InChI is InChI=1S/C18H21F3N4O4S/c1-9(8-25-6-5-12(24-25)18(19,20)21)7-22-14(26)15(27)23-16-13(17(28)29-4)10(2)11(3)30-16/h5-6,9H,7-8H2,1-4H3,(H,22,26)(H,23,27)/t9-/m1/s1. The molecule has 0 fully saturated rings. The van der Waals surface area contributed by atoms with Crippen molar-refractivity contribution in [2.75, 3.05) is 19.0 Å². The smallest absolute Gasteiger partial charge is 0.435 e. The van der Waals surface area contributed by atoms with Crippen molar-refractivity contribution < 1.29 is 32.3 Å². The molecule has 1 atom stereocenters. The van der Waals surface area contributed by atoms with Crippen molar-refractivity contribution >= 4 is 34.1 Å². The first kappa shape index (κ1) is 23.4. The summed E-state index contributed by atoms with van der Waals surface area (Å²) in [5.41, 5.74) is -0.164. The Morgan fingerprint density at radius 2 is 1.93 bits per heavy atom. The van der Waals surface area contributed by atoms with Gasteiger partial charge in [0.2, 0.25) is 0 Å². The maximum absolute atomic E-state index is 12.6. The van der Waals surface area contributed by atoms with Crippen LogP contribution in [0.4, 0.5) is 18.2 Å². The van der Waals surface area contributed by atoms with E-state index in [4.69, 9.17) is 4.74 Å². The molecule has 0 radical (unpaired) electrons. The summed E-state index contributed by atoms with van der Waals surface area (Å²) in [5.74, 6) is -2.82. The molecule has 30 heavy (non-hydrogen) atoms. The van der Waals surface area contributed by atoms with E-state index in [9.17, 15) is 27.6 Å². The summed E-state index contributed by atoms with van der Waals surface area (Å²) < 4.78 is 43.6. The Morgan fingerprint density at radius 3 is 2.50 bits per heavy atom. The highest BCUT2D eigenvalue weighted by Crippen LogP contribution is 2.33. The van der Waals surface area contributed by atoms with Crippen LogP contribution in [0.5, 0.6) is 0 Å². The number of carbonyl (C=O) groups excluding carboxylic acids is 3. The van der Waals surface area contributed by atoms with Gasteiger partial charge in [0.05, 0.1) is 12.7 Å². The number of aromatic nitrogens is 2. The predicted molar refractivity (Wildman–Crippen MR) is 103 cm³/mol. The summed E-state index contributed by atoms with van der Waals surface area (Å²) in [6, 6.07) is 0.864. The van der Waals surface area contributed by atoms with E-state index in [0.29, 0.717) is 5.56 Å². The van der Waals surface area contributed by atoms with Gasteiger partial charge >= 0.3 is 24.0 Å². The number of nitrogens with one attached hydrogen (secondary N) is 2. The topological polar surface area (TPSA) is 102 Å². The zero-order valence-electron chi connectivity index (χ0n) is 16.7. The fraction of sp³-hybridized carbons (Fsp3) is 0.444. The summed E-state index contributed by atoms with van der Waals surface area (Å²) in [4.78, 5) is 37.0. The molecule has 2 amide bonds. The molecule has 2 heterocycles. The van der Waals surface area contributed by atoms with E-state index in [-0.39, 0.29) is 29.6 Å². The molecular formula is C18H21F3N4O4S. The number of nitrogens with zero attached hydrogens (tertiary/aromatic N) is 2. The number of anilines is 1. The summed E-state index contributed by atoms with van der Waals surface area (Å²) in [6.45, 7) is 5.32. The molecule has 0 spiro atoms. The third-order valence-corrected chi connectivity index (χ3v) is 5.37. The van der Waals surface area contributed by atoms with Crippen LogP contribution in [0.3, 0.4) is 0 Å². The summed E-state index contributed by atoms with van der Waals surface area (Å²) in [6.07, 6.45) is -3.33. The van der Waals surface area contributed by atoms with Crippen molar-refractivity contribution in [1.82, 2.24) is 15.1 Å². The van der Waals surface area contributed by atoms with E-state index >= 15 is 0 Å². The molecule has 8 nitrogen and oxygen atoms in total. The highest BCUT2D eigenvalue weighted by molar-refractivity contribution is 7.17. The molecule has 2 rings (SSSR count). The lowest BCUT2D eigenvalue weighted by molar-refractivity contribution is -0.141. The quantitative estimate of drug-likeness (QED) is 0.525. The molecule has 0 aliphatic rings. The monoisotopic (exact) mass is 446 g/mol. The van der Waals surface area contributed by atoms with Crippen LogP contribution in [0.25, 0.3) is 0 Å². The van der Waals surface area contributed by atoms with E-state index in [2.05, 4.69) is 15.7 Å². The van der Waals surface area contributed by atoms with Gasteiger partial charge in [-0.25, -0.2) is 4.79 Å². The first-order chi connectivity index (χ1) is 13.9. The molecule has 0 aliphatic carbocycles. The van der Waals surface area contributed by atoms with Crippen molar-refractivity contribution in [3.05, 3.63) is 34.0 Å². The Hall–Kier alpha value is -2.89. The van der Waals surface area contributed by atoms with Crippen LogP contribution < -0.4 is 10.6 Å². The lowest BCUT2D eigenvalue weighted by Gasteiger charge is -2.13. The van der Waals surface area contributed by atoms with Crippen LogP contribution in [0.1, 0.15) is 33.4 Å². The molecule has 0 aliphatic heterocycles. The van der Waals surface area contributed by atoms with Crippen LogP contribution in [0.2, 0.25) is 0 Å². The number of ether oxygens (including phenoxy) is 1. The Morgan fingerprint density at radius 1 is 1.27 bits per heavy atom. The van der Waals surface area contributed by atoms with Gasteiger partial charge in [0.1, 0.15) is 5.00 Å². The normalized spacial score (nSPS) is 12.4. The predicted octanol–water partition coefficient (Wildman–Crippen LogP) is 2.76. The Labute approximate surface area is 174 Å². The van der Waals surface area contributed by atoms with Gasteiger partial charge in [-0.3, -0.25) is 14.3 Å². The lowest BCUT2D eigenvalue weighted by atomic mass is 10.1. The number of carbonyl (C=O) groups is 3. The Bertz CT molecular complexity index is 952. The van der Waals surface area contributed by atoms with Crippen LogP contribution in [-0.2, 0) is 27.0 Å². The second-order valence-electron chi connectivity index (χ2n) is 6.67. The molecular weight excluding hydrogens is 425 g/mol. The average Bonchev–Trinajstić information content (AvgIpc) is 3.24. The first-order valence-corrected chi connectivity index (χ1v) is 9.63. The molecule has 0 unspecified atom stereocenters. The second kappa shape index (κ2) is 9.28. The number of thiophene rings is 1. The van der Waals surface area contributed by atoms with E-state index in [1.165, 1.54) is 13.3 Å². The first-order valence-electron chi connectivity index (χ1n) is 8.82. The minimum Gasteiger partial charge on any atom is -0.465 e. The number of halogens is 3. The fourth-order valence-corrected chi connectivity index (χ4v) is 3.61. The minimum absolute atomic E-state index is 0.0415. The van der Waals surface area contributed by atoms with Gasteiger partial charge in [-0.05, 0) is 31.4 Å². The third kappa shape index (κ3) is 5.59. The molecule has 164 valence electrons. The zero-order chi connectivity index (χ0) is 22.6. The van der Waals surface area contributed by atoms with Gasteiger partial charge < -0.3 is 15.4 Å². The Balaban J connectivity index is 1.92. The number of hydrogen-bond donors (Lipinski definition) is 2. The number of esters is 1. The molecule has 2 aromatic rings. The fourth-order valence-electron chi connectivity index (χ4n) is 2.57. The van der Waals surface area contributed by atoms with Gasteiger partial charge in [-0.15, -0.1) is 11.3 Å². The number of hydrogen-bond acceptors (Lipinski definition) is 6. The number of methoxy groups -OCH3 is 1. The van der Waals surface area contributed by atoms with E-state index in [0.717, 1.165) is 27.0 Å². The largest absolute Gasteiger partial charge is 0.465 e. The zero-order valence-corrected chi connectivity index (χ0v) is 17.5. The summed E-state index contributed by atoms with van der Waals surface area (Å²) in [5, 5.41) is 8.47. The van der Waals surface area contributed by atoms with Crippen molar-refractivity contribution in [1.29, 1.82) is 0 Å². The molecule has 12 heteroatoms. The highest BCUT2D eigenvalue weighted by atomic mass is 32.1. The summed E-state index contributed by atoms with van der Waals surface area (Å²) >= 11 is 1.14. The minimum atomic E-state index is -4.53. The molecule has 2 aromatic heterocycles. The van der Waals surface area contributed by atoms with Gasteiger partial charge in [0, 0.05) is 24.2 Å². The van der Waals surface area contributed by atoms with Gasteiger partial charge in [0.25, 0.3) is 0 Å². The van der Waals surface area contributed by atoms with Gasteiger partial charge in [-0.1, -0.05) is 6.92 Å². The summed E-state index contributed by atoms with van der Waals surface area (Å²) in [7, 11) is 1.21.